The molecule has 178 valence electrons. The number of carboxylic acids is 1. The molecule has 0 saturated carbocycles. The summed E-state index contributed by atoms with van der Waals surface area (Å²) in [4.78, 5) is 35.9. The molecule has 2 amide bonds. The van der Waals surface area contributed by atoms with Crippen molar-refractivity contribution >= 4 is 18.0 Å². The number of hydrogen-bond donors (Lipinski definition) is 3. The lowest BCUT2D eigenvalue weighted by molar-refractivity contribution is -0.141. The maximum Gasteiger partial charge on any atom is 0.407 e. The number of fused-ring (bicyclic) bond motifs is 3. The van der Waals surface area contributed by atoms with E-state index in [0.29, 0.717) is 25.8 Å². The van der Waals surface area contributed by atoms with E-state index in [-0.39, 0.29) is 30.4 Å². The van der Waals surface area contributed by atoms with Gasteiger partial charge in [0.15, 0.2) is 0 Å². The molecule has 3 atom stereocenters. The van der Waals surface area contributed by atoms with Crippen LogP contribution in [0.4, 0.5) is 4.79 Å². The topological polar surface area (TPSA) is 105 Å². The number of amides is 2. The van der Waals surface area contributed by atoms with Crippen molar-refractivity contribution in [3.05, 3.63) is 71.8 Å². The summed E-state index contributed by atoms with van der Waals surface area (Å²) in [5.41, 5.74) is 4.66. The SMILES string of the molecule is CC(CCNC(=O)C1CC=CC(NC(=O)OCC2c3ccccc3-c3ccccc32)C1)C(=O)O. The number of carbonyl (C=O) groups is 3. The second-order valence-corrected chi connectivity index (χ2v) is 8.99. The zero-order valence-corrected chi connectivity index (χ0v) is 19.2. The molecule has 0 aromatic heterocycles. The molecule has 2 aliphatic rings. The third kappa shape index (κ3) is 5.30. The number of benzene rings is 2. The number of aliphatic carboxylic acids is 1. The molecule has 0 bridgehead atoms. The molecule has 0 saturated heterocycles. The van der Waals surface area contributed by atoms with E-state index in [1.807, 2.05) is 36.4 Å². The number of carboxylic acid groups (broad SMARTS) is 1. The number of nitrogens with one attached hydrogen (secondary N) is 2. The van der Waals surface area contributed by atoms with Crippen LogP contribution in [0.15, 0.2) is 60.7 Å². The Morgan fingerprint density at radius 1 is 1.06 bits per heavy atom. The Morgan fingerprint density at radius 2 is 1.71 bits per heavy atom. The molecule has 0 fully saturated rings. The molecule has 0 spiro atoms. The van der Waals surface area contributed by atoms with Crippen molar-refractivity contribution in [2.24, 2.45) is 11.8 Å². The summed E-state index contributed by atoms with van der Waals surface area (Å²) in [6, 6.07) is 16.1. The van der Waals surface area contributed by atoms with Gasteiger partial charge in [-0.15, -0.1) is 0 Å². The molecule has 2 aliphatic carbocycles. The van der Waals surface area contributed by atoms with Crippen LogP contribution in [0.5, 0.6) is 0 Å². The van der Waals surface area contributed by atoms with Crippen LogP contribution in [0.1, 0.15) is 43.2 Å². The molecule has 4 rings (SSSR count). The summed E-state index contributed by atoms with van der Waals surface area (Å²) < 4.78 is 5.61. The fourth-order valence-electron chi connectivity index (χ4n) is 4.68. The lowest BCUT2D eigenvalue weighted by Gasteiger charge is -2.25. The van der Waals surface area contributed by atoms with Gasteiger partial charge in [-0.05, 0) is 41.5 Å². The van der Waals surface area contributed by atoms with E-state index in [4.69, 9.17) is 9.84 Å². The third-order valence-corrected chi connectivity index (χ3v) is 6.64. The first-order valence-corrected chi connectivity index (χ1v) is 11.7. The summed E-state index contributed by atoms with van der Waals surface area (Å²) >= 11 is 0. The number of ether oxygens (including phenoxy) is 1. The molecule has 2 aromatic carbocycles. The average molecular weight is 463 g/mol. The summed E-state index contributed by atoms with van der Waals surface area (Å²) in [6.07, 6.45) is 4.71. The van der Waals surface area contributed by atoms with Crippen LogP contribution in [0.3, 0.4) is 0 Å². The average Bonchev–Trinajstić information content (AvgIpc) is 3.16. The predicted molar refractivity (Wildman–Crippen MR) is 128 cm³/mol. The largest absolute Gasteiger partial charge is 0.481 e. The van der Waals surface area contributed by atoms with E-state index < -0.39 is 18.0 Å². The highest BCUT2D eigenvalue weighted by Gasteiger charge is 2.30. The van der Waals surface area contributed by atoms with E-state index in [2.05, 4.69) is 34.9 Å². The fourth-order valence-corrected chi connectivity index (χ4v) is 4.68. The highest BCUT2D eigenvalue weighted by atomic mass is 16.5. The minimum atomic E-state index is -0.873. The van der Waals surface area contributed by atoms with E-state index in [9.17, 15) is 14.4 Å². The van der Waals surface area contributed by atoms with Crippen molar-refractivity contribution in [3.8, 4) is 11.1 Å². The monoisotopic (exact) mass is 462 g/mol. The molecular weight excluding hydrogens is 432 g/mol. The van der Waals surface area contributed by atoms with E-state index in [1.165, 1.54) is 11.1 Å². The quantitative estimate of drug-likeness (QED) is 0.513. The fraction of sp³-hybridized carbons (Fsp3) is 0.370. The van der Waals surface area contributed by atoms with Crippen LogP contribution in [-0.2, 0) is 14.3 Å². The molecule has 0 heterocycles. The molecule has 0 aliphatic heterocycles. The maximum atomic E-state index is 12.6. The minimum Gasteiger partial charge on any atom is -0.481 e. The zero-order valence-electron chi connectivity index (χ0n) is 19.2. The van der Waals surface area contributed by atoms with Crippen LogP contribution in [0, 0.1) is 11.8 Å². The Morgan fingerprint density at radius 3 is 2.35 bits per heavy atom. The highest BCUT2D eigenvalue weighted by Crippen LogP contribution is 2.44. The predicted octanol–water partition coefficient (Wildman–Crippen LogP) is 4.09. The van der Waals surface area contributed by atoms with Gasteiger partial charge in [0.25, 0.3) is 0 Å². The van der Waals surface area contributed by atoms with Crippen molar-refractivity contribution in [2.75, 3.05) is 13.2 Å². The Kier molecular flexibility index (Phi) is 7.30. The zero-order chi connectivity index (χ0) is 24.1. The van der Waals surface area contributed by atoms with E-state index in [1.54, 1.807) is 6.92 Å². The third-order valence-electron chi connectivity index (χ3n) is 6.64. The van der Waals surface area contributed by atoms with Gasteiger partial charge >= 0.3 is 12.1 Å². The second kappa shape index (κ2) is 10.5. The van der Waals surface area contributed by atoms with Gasteiger partial charge in [0.05, 0.1) is 12.0 Å². The summed E-state index contributed by atoms with van der Waals surface area (Å²) in [5, 5.41) is 14.6. The van der Waals surface area contributed by atoms with Crippen LogP contribution < -0.4 is 10.6 Å². The normalized spacial score (nSPS) is 19.6. The van der Waals surface area contributed by atoms with E-state index in [0.717, 1.165) is 11.1 Å². The lowest BCUT2D eigenvalue weighted by Crippen LogP contribution is -2.41. The van der Waals surface area contributed by atoms with Gasteiger partial charge in [0, 0.05) is 18.4 Å². The summed E-state index contributed by atoms with van der Waals surface area (Å²) in [5.74, 6) is -1.78. The van der Waals surface area contributed by atoms with Gasteiger partial charge in [0.2, 0.25) is 5.91 Å². The van der Waals surface area contributed by atoms with Gasteiger partial charge in [0.1, 0.15) is 6.61 Å². The van der Waals surface area contributed by atoms with Crippen LogP contribution in [0.2, 0.25) is 0 Å². The van der Waals surface area contributed by atoms with Crippen LogP contribution in [0.25, 0.3) is 11.1 Å². The summed E-state index contributed by atoms with van der Waals surface area (Å²) in [7, 11) is 0. The number of rotatable bonds is 8. The van der Waals surface area contributed by atoms with Crippen molar-refractivity contribution in [1.82, 2.24) is 10.6 Å². The highest BCUT2D eigenvalue weighted by molar-refractivity contribution is 5.80. The first-order valence-electron chi connectivity index (χ1n) is 11.7. The standard InChI is InChI=1S/C27H30N2O5/c1-17(26(31)32)13-14-28-25(30)18-7-6-8-19(15-18)29-27(33)34-16-24-22-11-4-2-9-20(22)21-10-3-5-12-23(21)24/h2-6,8-12,17-19,24H,7,13-16H2,1H3,(H,28,30)(H,29,33)(H,31,32). The smallest absolute Gasteiger partial charge is 0.407 e. The Balaban J connectivity index is 1.28. The molecule has 3 N–H and O–H groups in total. The van der Waals surface area contributed by atoms with Crippen molar-refractivity contribution in [1.29, 1.82) is 0 Å². The van der Waals surface area contributed by atoms with Gasteiger partial charge in [-0.25, -0.2) is 4.79 Å². The van der Waals surface area contributed by atoms with Crippen molar-refractivity contribution in [2.45, 2.75) is 38.1 Å². The molecule has 2 aromatic rings. The Hall–Kier alpha value is -3.61. The Bertz CT molecular complexity index is 1050. The molecule has 7 nitrogen and oxygen atoms in total. The lowest BCUT2D eigenvalue weighted by atomic mass is 9.90. The second-order valence-electron chi connectivity index (χ2n) is 8.99. The summed E-state index contributed by atoms with van der Waals surface area (Å²) in [6.45, 7) is 2.17. The number of allylic oxidation sites excluding steroid dienone is 1. The van der Waals surface area contributed by atoms with Crippen molar-refractivity contribution < 1.29 is 24.2 Å². The van der Waals surface area contributed by atoms with Crippen molar-refractivity contribution in [3.63, 3.8) is 0 Å². The van der Waals surface area contributed by atoms with Gasteiger partial charge < -0.3 is 20.5 Å². The Labute approximate surface area is 199 Å². The number of alkyl carbamates (subject to hydrolysis) is 1. The van der Waals surface area contributed by atoms with Gasteiger partial charge in [-0.1, -0.05) is 67.6 Å². The maximum absolute atomic E-state index is 12.6. The van der Waals surface area contributed by atoms with Crippen LogP contribution in [-0.4, -0.2) is 42.3 Å². The van der Waals surface area contributed by atoms with Crippen LogP contribution >= 0.6 is 0 Å². The van der Waals surface area contributed by atoms with Gasteiger partial charge in [-0.3, -0.25) is 9.59 Å². The molecular formula is C27H30N2O5. The van der Waals surface area contributed by atoms with E-state index >= 15 is 0 Å². The number of hydrogen-bond acceptors (Lipinski definition) is 4. The molecule has 34 heavy (non-hydrogen) atoms. The number of carbonyl (C=O) groups excluding carboxylic acids is 2. The molecule has 7 heteroatoms. The first kappa shape index (κ1) is 23.5. The molecule has 3 unspecified atom stereocenters. The van der Waals surface area contributed by atoms with Gasteiger partial charge in [-0.2, -0.15) is 0 Å². The first-order chi connectivity index (χ1) is 16.4. The minimum absolute atomic E-state index is 0.00762. The molecule has 0 radical (unpaired) electrons.